The topological polar surface area (TPSA) is 79.7 Å². The van der Waals surface area contributed by atoms with Crippen LogP contribution < -0.4 is 0 Å². The van der Waals surface area contributed by atoms with Crippen LogP contribution in [-0.2, 0) is 4.74 Å². The van der Waals surface area contributed by atoms with Crippen LogP contribution in [0.15, 0.2) is 34.5 Å². The lowest BCUT2D eigenvalue weighted by Crippen LogP contribution is -1.99. The third kappa shape index (κ3) is 1.18. The summed E-state index contributed by atoms with van der Waals surface area (Å²) in [5.74, 6) is 0. The Labute approximate surface area is 84.0 Å². The van der Waals surface area contributed by atoms with Gasteiger partial charge in [-0.2, -0.15) is 5.10 Å². The van der Waals surface area contributed by atoms with E-state index in [1.165, 1.54) is 0 Å². The van der Waals surface area contributed by atoms with E-state index in [1.807, 2.05) is 24.3 Å². The number of hydrogen-bond acceptors (Lipinski definition) is 4. The number of benzene rings is 1. The number of rotatable bonds is 1. The van der Waals surface area contributed by atoms with Crippen LogP contribution in [0.25, 0.3) is 10.9 Å². The predicted octanol–water partition coefficient (Wildman–Crippen LogP) is 2.16. The van der Waals surface area contributed by atoms with Crippen LogP contribution in [0.1, 0.15) is 11.9 Å². The Hall–Kier alpha value is -2.24. The minimum absolute atomic E-state index is 0.653. The van der Waals surface area contributed by atoms with Gasteiger partial charge < -0.3 is 4.74 Å². The highest BCUT2D eigenvalue weighted by atomic mass is 16.6. The summed E-state index contributed by atoms with van der Waals surface area (Å²) in [6, 6.07) is 7.52. The van der Waals surface area contributed by atoms with Gasteiger partial charge in [0.1, 0.15) is 5.69 Å². The van der Waals surface area contributed by atoms with Crippen molar-refractivity contribution >= 4 is 17.0 Å². The van der Waals surface area contributed by atoms with Gasteiger partial charge in [0.05, 0.1) is 5.52 Å². The van der Waals surface area contributed by atoms with Crippen LogP contribution >= 0.6 is 0 Å². The van der Waals surface area contributed by atoms with Crippen LogP contribution in [0.5, 0.6) is 0 Å². The number of ether oxygens (including phenoxy) is 1. The molecule has 15 heavy (non-hydrogen) atoms. The highest BCUT2D eigenvalue weighted by Crippen LogP contribution is 2.28. The van der Waals surface area contributed by atoms with Crippen molar-refractivity contribution in [3.8, 4) is 0 Å². The van der Waals surface area contributed by atoms with E-state index in [0.29, 0.717) is 5.69 Å². The molecule has 6 heteroatoms. The van der Waals surface area contributed by atoms with E-state index in [9.17, 15) is 4.79 Å². The fraction of sp³-hybridized carbons (Fsp3) is 0.111. The number of fused-ring (bicyclic) bond motifs is 1. The van der Waals surface area contributed by atoms with E-state index < -0.39 is 12.3 Å². The average molecular weight is 202 g/mol. The zero-order chi connectivity index (χ0) is 10.3. The summed E-state index contributed by atoms with van der Waals surface area (Å²) in [6.07, 6.45) is -1.36. The minimum Gasteiger partial charge on any atom is -0.413 e. The quantitative estimate of drug-likeness (QED) is 0.769. The maximum Gasteiger partial charge on any atom is 0.454 e. The molecule has 1 N–H and O–H groups in total. The number of aromatic amines is 1. The van der Waals surface area contributed by atoms with Crippen LogP contribution in [0, 0.1) is 0 Å². The summed E-state index contributed by atoms with van der Waals surface area (Å²) in [5, 5.41) is 14.7. The van der Waals surface area contributed by atoms with Crippen molar-refractivity contribution in [2.45, 2.75) is 6.23 Å². The van der Waals surface area contributed by atoms with Gasteiger partial charge in [-0.15, -0.1) is 5.11 Å². The van der Waals surface area contributed by atoms with Gasteiger partial charge in [-0.25, -0.2) is 4.79 Å². The van der Waals surface area contributed by atoms with Gasteiger partial charge in [0, 0.05) is 5.39 Å². The predicted molar refractivity (Wildman–Crippen MR) is 50.2 cm³/mol. The van der Waals surface area contributed by atoms with Crippen molar-refractivity contribution in [3.63, 3.8) is 0 Å². The van der Waals surface area contributed by atoms with Crippen molar-refractivity contribution in [2.24, 2.45) is 10.2 Å². The molecule has 1 aromatic heterocycles. The van der Waals surface area contributed by atoms with Gasteiger partial charge in [-0.3, -0.25) is 5.10 Å². The zero-order valence-corrected chi connectivity index (χ0v) is 7.54. The van der Waals surface area contributed by atoms with Gasteiger partial charge in [0.25, 0.3) is 6.23 Å². The summed E-state index contributed by atoms with van der Waals surface area (Å²) in [6.45, 7) is 0. The third-order valence-corrected chi connectivity index (χ3v) is 2.19. The Balaban J connectivity index is 2.12. The number of hydrogen-bond donors (Lipinski definition) is 1. The Morgan fingerprint density at radius 1 is 1.33 bits per heavy atom. The maximum atomic E-state index is 10.8. The number of carbonyl (C=O) groups is 1. The fourth-order valence-electron chi connectivity index (χ4n) is 1.53. The molecule has 2 aromatic rings. The van der Waals surface area contributed by atoms with Crippen LogP contribution in [0.4, 0.5) is 4.79 Å². The summed E-state index contributed by atoms with van der Waals surface area (Å²) < 4.78 is 4.87. The molecule has 74 valence electrons. The largest absolute Gasteiger partial charge is 0.454 e. The molecule has 0 fully saturated rings. The molecule has 2 heterocycles. The molecule has 1 amide bonds. The van der Waals surface area contributed by atoms with Gasteiger partial charge in [-0.1, -0.05) is 23.3 Å². The molecular formula is C9H6N4O2. The van der Waals surface area contributed by atoms with E-state index in [4.69, 9.17) is 4.74 Å². The number of nitrogens with zero attached hydrogens (tertiary/aromatic N) is 3. The Kier molecular flexibility index (Phi) is 1.55. The lowest BCUT2D eigenvalue weighted by Gasteiger charge is -2.01. The monoisotopic (exact) mass is 202 g/mol. The van der Waals surface area contributed by atoms with Crippen molar-refractivity contribution in [1.82, 2.24) is 10.2 Å². The number of H-pyrrole nitrogens is 1. The highest BCUT2D eigenvalue weighted by molar-refractivity contribution is 5.82. The van der Waals surface area contributed by atoms with E-state index in [0.717, 1.165) is 10.9 Å². The molecule has 3 rings (SSSR count). The zero-order valence-electron chi connectivity index (χ0n) is 7.54. The maximum absolute atomic E-state index is 10.8. The summed E-state index contributed by atoms with van der Waals surface area (Å²) in [5.41, 5.74) is 1.46. The number of carbonyl (C=O) groups excluding carboxylic acids is 1. The smallest absolute Gasteiger partial charge is 0.413 e. The average Bonchev–Trinajstić information content (AvgIpc) is 2.83. The molecule has 0 saturated carbocycles. The van der Waals surface area contributed by atoms with Crippen LogP contribution in [-0.4, -0.2) is 16.3 Å². The molecule has 0 aliphatic carbocycles. The molecule has 1 atom stereocenters. The van der Waals surface area contributed by atoms with Crippen LogP contribution in [0.3, 0.4) is 0 Å². The van der Waals surface area contributed by atoms with Gasteiger partial charge in [0.2, 0.25) is 0 Å². The number of aromatic nitrogens is 2. The molecule has 0 saturated heterocycles. The standard InChI is InChI=1S/C9H6N4O2/c14-9-13-12-8(15-9)7-5-3-1-2-4-6(5)10-11-7/h1-4,8H,(H,10,11). The summed E-state index contributed by atoms with van der Waals surface area (Å²) in [4.78, 5) is 10.8. The number of nitrogens with one attached hydrogen (secondary N) is 1. The molecule has 1 aliphatic heterocycles. The van der Waals surface area contributed by atoms with E-state index in [2.05, 4.69) is 20.4 Å². The molecule has 6 nitrogen and oxygen atoms in total. The number of cyclic esters (lactones) is 1. The molecule has 1 aliphatic rings. The molecule has 0 spiro atoms. The number of para-hydroxylation sites is 1. The second-order valence-electron chi connectivity index (χ2n) is 3.11. The van der Waals surface area contributed by atoms with E-state index in [1.54, 1.807) is 0 Å². The molecule has 0 radical (unpaired) electrons. The van der Waals surface area contributed by atoms with E-state index >= 15 is 0 Å². The molecule has 1 aromatic carbocycles. The lowest BCUT2D eigenvalue weighted by molar-refractivity contribution is 0.131. The summed E-state index contributed by atoms with van der Waals surface area (Å²) >= 11 is 0. The summed E-state index contributed by atoms with van der Waals surface area (Å²) in [7, 11) is 0. The van der Waals surface area contributed by atoms with Crippen molar-refractivity contribution < 1.29 is 9.53 Å². The second kappa shape index (κ2) is 2.88. The minimum atomic E-state index is -0.690. The SMILES string of the molecule is O=C1N=NC(c2[nH]nc3ccccc23)O1. The molecular weight excluding hydrogens is 196 g/mol. The van der Waals surface area contributed by atoms with Crippen LogP contribution in [0.2, 0.25) is 0 Å². The van der Waals surface area contributed by atoms with Gasteiger partial charge >= 0.3 is 6.09 Å². The van der Waals surface area contributed by atoms with Crippen molar-refractivity contribution in [3.05, 3.63) is 30.0 Å². The first-order valence-electron chi connectivity index (χ1n) is 4.39. The number of amides is 1. The highest BCUT2D eigenvalue weighted by Gasteiger charge is 2.25. The second-order valence-corrected chi connectivity index (χ2v) is 3.11. The van der Waals surface area contributed by atoms with Crippen molar-refractivity contribution in [1.29, 1.82) is 0 Å². The Morgan fingerprint density at radius 3 is 3.00 bits per heavy atom. The lowest BCUT2D eigenvalue weighted by atomic mass is 10.2. The molecule has 1 unspecified atom stereocenters. The first kappa shape index (κ1) is 8.10. The van der Waals surface area contributed by atoms with Gasteiger partial charge in [0.15, 0.2) is 0 Å². The van der Waals surface area contributed by atoms with Gasteiger partial charge in [-0.05, 0) is 6.07 Å². The number of azo groups is 1. The van der Waals surface area contributed by atoms with Crippen molar-refractivity contribution in [2.75, 3.05) is 0 Å². The first-order valence-corrected chi connectivity index (χ1v) is 4.39. The Morgan fingerprint density at radius 2 is 2.20 bits per heavy atom. The third-order valence-electron chi connectivity index (χ3n) is 2.19. The Bertz CT molecular complexity index is 560. The first-order chi connectivity index (χ1) is 7.34. The normalized spacial score (nSPS) is 19.7. The molecule has 0 bridgehead atoms. The fourth-order valence-corrected chi connectivity index (χ4v) is 1.53. The van der Waals surface area contributed by atoms with E-state index in [-0.39, 0.29) is 0 Å².